The highest BCUT2D eigenvalue weighted by Gasteiger charge is 2.40. The van der Waals surface area contributed by atoms with Gasteiger partial charge >= 0.3 is 0 Å². The summed E-state index contributed by atoms with van der Waals surface area (Å²) in [7, 11) is 0. The summed E-state index contributed by atoms with van der Waals surface area (Å²) in [5.74, 6) is 1.36. The Kier molecular flexibility index (Phi) is 3.02. The van der Waals surface area contributed by atoms with Crippen LogP contribution >= 0.6 is 0 Å². The quantitative estimate of drug-likeness (QED) is 0.870. The fourth-order valence-electron chi connectivity index (χ4n) is 2.72. The van der Waals surface area contributed by atoms with Gasteiger partial charge in [-0.2, -0.15) is 0 Å². The first-order valence-corrected chi connectivity index (χ1v) is 6.86. The second kappa shape index (κ2) is 4.54. The molecule has 2 aliphatic rings. The SMILES string of the molecule is NCC1(c2cc(F)ccc2OCC2CC2)CCC1. The predicted molar refractivity (Wildman–Crippen MR) is 69.2 cm³/mol. The van der Waals surface area contributed by atoms with Crippen LogP contribution in [0.1, 0.15) is 37.7 Å². The van der Waals surface area contributed by atoms with E-state index in [2.05, 4.69) is 0 Å². The second-order valence-corrected chi connectivity index (χ2v) is 5.73. The summed E-state index contributed by atoms with van der Waals surface area (Å²) in [6.45, 7) is 1.34. The summed E-state index contributed by atoms with van der Waals surface area (Å²) in [6, 6.07) is 4.87. The van der Waals surface area contributed by atoms with Gasteiger partial charge in [0.1, 0.15) is 11.6 Å². The maximum atomic E-state index is 13.5. The molecule has 0 aromatic heterocycles. The minimum atomic E-state index is -0.191. The molecule has 3 rings (SSSR count). The largest absolute Gasteiger partial charge is 0.493 e. The van der Waals surface area contributed by atoms with Crippen molar-refractivity contribution in [3.8, 4) is 5.75 Å². The summed E-state index contributed by atoms with van der Waals surface area (Å²) in [5, 5.41) is 0. The van der Waals surface area contributed by atoms with Crippen molar-refractivity contribution in [2.75, 3.05) is 13.2 Å². The number of hydrogen-bond acceptors (Lipinski definition) is 2. The van der Waals surface area contributed by atoms with Gasteiger partial charge in [-0.15, -0.1) is 0 Å². The van der Waals surface area contributed by atoms with Gasteiger partial charge in [-0.1, -0.05) is 6.42 Å². The zero-order valence-corrected chi connectivity index (χ0v) is 10.6. The van der Waals surface area contributed by atoms with E-state index in [9.17, 15) is 4.39 Å². The summed E-state index contributed by atoms with van der Waals surface area (Å²) in [5.41, 5.74) is 6.85. The molecule has 1 aromatic rings. The van der Waals surface area contributed by atoms with Gasteiger partial charge in [0.05, 0.1) is 6.61 Å². The van der Waals surface area contributed by atoms with E-state index < -0.39 is 0 Å². The lowest BCUT2D eigenvalue weighted by atomic mass is 9.64. The Bertz CT molecular complexity index is 433. The van der Waals surface area contributed by atoms with Crippen molar-refractivity contribution in [1.29, 1.82) is 0 Å². The average Bonchev–Trinajstić information content (AvgIpc) is 3.11. The second-order valence-electron chi connectivity index (χ2n) is 5.73. The first-order valence-electron chi connectivity index (χ1n) is 6.86. The van der Waals surface area contributed by atoms with Crippen LogP contribution in [0.4, 0.5) is 4.39 Å². The molecule has 1 aromatic carbocycles. The van der Waals surface area contributed by atoms with E-state index in [4.69, 9.17) is 10.5 Å². The molecule has 2 N–H and O–H groups in total. The van der Waals surface area contributed by atoms with Gasteiger partial charge in [0.2, 0.25) is 0 Å². The highest BCUT2D eigenvalue weighted by Crippen LogP contribution is 2.46. The number of hydrogen-bond donors (Lipinski definition) is 1. The molecule has 2 nitrogen and oxygen atoms in total. The fourth-order valence-corrected chi connectivity index (χ4v) is 2.72. The summed E-state index contributed by atoms with van der Waals surface area (Å²) in [6.07, 6.45) is 5.80. The van der Waals surface area contributed by atoms with Crippen LogP contribution in [0.15, 0.2) is 18.2 Å². The molecule has 0 unspecified atom stereocenters. The molecule has 98 valence electrons. The minimum absolute atomic E-state index is 0.0407. The van der Waals surface area contributed by atoms with Crippen molar-refractivity contribution in [2.45, 2.75) is 37.5 Å². The Morgan fingerprint density at radius 3 is 2.67 bits per heavy atom. The maximum absolute atomic E-state index is 13.5. The number of benzene rings is 1. The molecule has 2 saturated carbocycles. The highest BCUT2D eigenvalue weighted by molar-refractivity contribution is 5.42. The summed E-state index contributed by atoms with van der Waals surface area (Å²) in [4.78, 5) is 0. The molecule has 2 fully saturated rings. The molecular formula is C15H20FNO. The Morgan fingerprint density at radius 2 is 2.11 bits per heavy atom. The van der Waals surface area contributed by atoms with E-state index in [-0.39, 0.29) is 11.2 Å². The number of ether oxygens (including phenoxy) is 1. The van der Waals surface area contributed by atoms with Crippen molar-refractivity contribution in [2.24, 2.45) is 11.7 Å². The molecule has 0 amide bonds. The van der Waals surface area contributed by atoms with E-state index in [1.165, 1.54) is 25.3 Å². The van der Waals surface area contributed by atoms with Gasteiger partial charge in [0, 0.05) is 17.5 Å². The van der Waals surface area contributed by atoms with Crippen LogP contribution in [-0.4, -0.2) is 13.2 Å². The van der Waals surface area contributed by atoms with Crippen LogP contribution in [0.5, 0.6) is 5.75 Å². The topological polar surface area (TPSA) is 35.2 Å². The Balaban J connectivity index is 1.86. The van der Waals surface area contributed by atoms with Gasteiger partial charge in [-0.25, -0.2) is 4.39 Å². The predicted octanol–water partition coefficient (Wildman–Crippen LogP) is 2.99. The zero-order valence-electron chi connectivity index (χ0n) is 10.6. The molecule has 18 heavy (non-hydrogen) atoms. The van der Waals surface area contributed by atoms with E-state index in [1.807, 2.05) is 0 Å². The molecule has 2 aliphatic carbocycles. The number of rotatable bonds is 5. The Morgan fingerprint density at radius 1 is 1.33 bits per heavy atom. The van der Waals surface area contributed by atoms with Gasteiger partial charge < -0.3 is 10.5 Å². The normalized spacial score (nSPS) is 21.4. The van der Waals surface area contributed by atoms with Crippen LogP contribution < -0.4 is 10.5 Å². The molecule has 0 bridgehead atoms. The lowest BCUT2D eigenvalue weighted by molar-refractivity contribution is 0.230. The van der Waals surface area contributed by atoms with Gasteiger partial charge in [-0.3, -0.25) is 0 Å². The Hall–Kier alpha value is -1.09. The van der Waals surface area contributed by atoms with Crippen molar-refractivity contribution in [3.63, 3.8) is 0 Å². The van der Waals surface area contributed by atoms with Gasteiger partial charge in [0.25, 0.3) is 0 Å². The number of nitrogens with two attached hydrogens (primary N) is 1. The van der Waals surface area contributed by atoms with Crippen LogP contribution in [0.3, 0.4) is 0 Å². The van der Waals surface area contributed by atoms with E-state index >= 15 is 0 Å². The first kappa shape index (κ1) is 12.0. The van der Waals surface area contributed by atoms with Crippen molar-refractivity contribution in [3.05, 3.63) is 29.6 Å². The first-order chi connectivity index (χ1) is 8.73. The van der Waals surface area contributed by atoms with Crippen molar-refractivity contribution in [1.82, 2.24) is 0 Å². The minimum Gasteiger partial charge on any atom is -0.493 e. The van der Waals surface area contributed by atoms with Crippen LogP contribution in [0, 0.1) is 11.7 Å². The maximum Gasteiger partial charge on any atom is 0.123 e. The van der Waals surface area contributed by atoms with Gasteiger partial charge in [-0.05, 0) is 49.8 Å². The van der Waals surface area contributed by atoms with E-state index in [1.54, 1.807) is 12.1 Å². The van der Waals surface area contributed by atoms with E-state index in [0.717, 1.165) is 30.8 Å². The third kappa shape index (κ3) is 2.12. The molecule has 3 heteroatoms. The van der Waals surface area contributed by atoms with Crippen molar-refractivity contribution < 1.29 is 9.13 Å². The summed E-state index contributed by atoms with van der Waals surface area (Å²) < 4.78 is 19.4. The fraction of sp³-hybridized carbons (Fsp3) is 0.600. The number of halogens is 1. The van der Waals surface area contributed by atoms with Gasteiger partial charge in [0.15, 0.2) is 0 Å². The van der Waals surface area contributed by atoms with Crippen LogP contribution in [-0.2, 0) is 5.41 Å². The van der Waals surface area contributed by atoms with Crippen LogP contribution in [0.25, 0.3) is 0 Å². The third-order valence-electron chi connectivity index (χ3n) is 4.39. The molecule has 0 saturated heterocycles. The molecule has 0 spiro atoms. The Labute approximate surface area is 107 Å². The molecule has 0 heterocycles. The van der Waals surface area contributed by atoms with Crippen molar-refractivity contribution >= 4 is 0 Å². The monoisotopic (exact) mass is 249 g/mol. The molecule has 0 atom stereocenters. The lowest BCUT2D eigenvalue weighted by Crippen LogP contribution is -2.42. The van der Waals surface area contributed by atoms with Crippen LogP contribution in [0.2, 0.25) is 0 Å². The van der Waals surface area contributed by atoms with E-state index in [0.29, 0.717) is 12.5 Å². The molecule has 0 aliphatic heterocycles. The highest BCUT2D eigenvalue weighted by atomic mass is 19.1. The standard InChI is InChI=1S/C15H20FNO/c16-12-4-5-14(18-9-11-2-3-11)13(8-12)15(10-17)6-1-7-15/h4-5,8,11H,1-3,6-7,9-10,17H2. The smallest absolute Gasteiger partial charge is 0.123 e. The molecule has 0 radical (unpaired) electrons. The zero-order chi connectivity index (χ0) is 12.6. The lowest BCUT2D eigenvalue weighted by Gasteiger charge is -2.42. The summed E-state index contributed by atoms with van der Waals surface area (Å²) >= 11 is 0. The average molecular weight is 249 g/mol. The molecular weight excluding hydrogens is 229 g/mol. The third-order valence-corrected chi connectivity index (χ3v) is 4.39.